The maximum Gasteiger partial charge on any atom is 0.341 e. The molecule has 1 fully saturated rings. The number of rotatable bonds is 10. The van der Waals surface area contributed by atoms with Crippen LogP contribution < -0.4 is 14.8 Å². The first-order valence-electron chi connectivity index (χ1n) is 15.1. The Morgan fingerprint density at radius 1 is 1.06 bits per heavy atom. The number of carbonyl (C=O) groups excluding carboxylic acids is 4. The molecule has 3 amide bonds. The number of thiophene rings is 1. The summed E-state index contributed by atoms with van der Waals surface area (Å²) < 4.78 is 17.7. The van der Waals surface area contributed by atoms with Crippen LogP contribution in [0.4, 0.5) is 9.80 Å². The minimum atomic E-state index is -0.586. The Bertz CT molecular complexity index is 1930. The van der Waals surface area contributed by atoms with Gasteiger partial charge in [0.05, 0.1) is 28.7 Å². The SMILES string of the molecule is CCOC(=O)c1c(NC(=O)CN2C(=O)SC(=Cc3cc(Br)c(OCc4cccc5ccccc45)c(OC)c3)C2=O)sc2c1CCCC2. The van der Waals surface area contributed by atoms with Crippen molar-refractivity contribution in [3.8, 4) is 11.5 Å². The van der Waals surface area contributed by atoms with Crippen LogP contribution in [0.25, 0.3) is 16.8 Å². The van der Waals surface area contributed by atoms with E-state index >= 15 is 0 Å². The van der Waals surface area contributed by atoms with Crippen LogP contribution in [0.3, 0.4) is 0 Å². The van der Waals surface area contributed by atoms with Crippen molar-refractivity contribution >= 4 is 83.9 Å². The molecule has 12 heteroatoms. The molecule has 1 aromatic heterocycles. The van der Waals surface area contributed by atoms with E-state index in [1.165, 1.54) is 18.4 Å². The molecule has 0 spiro atoms. The van der Waals surface area contributed by atoms with Crippen molar-refractivity contribution < 1.29 is 33.4 Å². The van der Waals surface area contributed by atoms with Crippen LogP contribution >= 0.6 is 39.0 Å². The second-order valence-electron chi connectivity index (χ2n) is 10.9. The molecular formula is C35H31BrN2O7S2. The van der Waals surface area contributed by atoms with E-state index in [1.54, 1.807) is 25.1 Å². The molecule has 6 rings (SSSR count). The molecule has 2 heterocycles. The summed E-state index contributed by atoms with van der Waals surface area (Å²) in [6.45, 7) is 1.77. The molecule has 9 nitrogen and oxygen atoms in total. The number of fused-ring (bicyclic) bond motifs is 2. The zero-order valence-corrected chi connectivity index (χ0v) is 28.9. The zero-order chi connectivity index (χ0) is 33.1. The first-order chi connectivity index (χ1) is 22.8. The molecule has 1 aliphatic carbocycles. The summed E-state index contributed by atoms with van der Waals surface area (Å²) in [4.78, 5) is 54.2. The number of nitrogens with zero attached hydrogens (tertiary/aromatic N) is 1. The van der Waals surface area contributed by atoms with Crippen molar-refractivity contribution in [1.82, 2.24) is 4.90 Å². The van der Waals surface area contributed by atoms with Gasteiger partial charge >= 0.3 is 5.97 Å². The second-order valence-corrected chi connectivity index (χ2v) is 13.9. The van der Waals surface area contributed by atoms with Crippen LogP contribution in [-0.4, -0.2) is 48.2 Å². The maximum absolute atomic E-state index is 13.3. The topological polar surface area (TPSA) is 111 Å². The Balaban J connectivity index is 1.16. The van der Waals surface area contributed by atoms with E-state index in [1.807, 2.05) is 24.3 Å². The second kappa shape index (κ2) is 14.3. The van der Waals surface area contributed by atoms with Crippen molar-refractivity contribution in [2.75, 3.05) is 25.6 Å². The molecule has 0 unspecified atom stereocenters. The molecule has 0 atom stereocenters. The Kier molecular flexibility index (Phi) is 10.00. The lowest BCUT2D eigenvalue weighted by Gasteiger charge is -2.15. The molecule has 0 radical (unpaired) electrons. The number of carbonyl (C=O) groups is 4. The van der Waals surface area contributed by atoms with Crippen molar-refractivity contribution in [3.63, 3.8) is 0 Å². The number of hydrogen-bond donors (Lipinski definition) is 1. The summed E-state index contributed by atoms with van der Waals surface area (Å²) in [6.07, 6.45) is 5.11. The minimum absolute atomic E-state index is 0.167. The fourth-order valence-corrected chi connectivity index (χ4v) is 8.41. The predicted molar refractivity (Wildman–Crippen MR) is 187 cm³/mol. The van der Waals surface area contributed by atoms with Gasteiger partial charge in [-0.15, -0.1) is 11.3 Å². The lowest BCUT2D eigenvalue weighted by molar-refractivity contribution is -0.127. The number of amides is 3. The van der Waals surface area contributed by atoms with E-state index in [4.69, 9.17) is 14.2 Å². The monoisotopic (exact) mass is 734 g/mol. The highest BCUT2D eigenvalue weighted by Gasteiger charge is 2.37. The number of hydrogen-bond acceptors (Lipinski definition) is 9. The Morgan fingerprint density at radius 3 is 2.66 bits per heavy atom. The fourth-order valence-electron chi connectivity index (χ4n) is 5.70. The Morgan fingerprint density at radius 2 is 1.85 bits per heavy atom. The van der Waals surface area contributed by atoms with Gasteiger partial charge in [0.2, 0.25) is 5.91 Å². The third-order valence-corrected chi connectivity index (χ3v) is 10.6. The first kappa shape index (κ1) is 32.8. The largest absolute Gasteiger partial charge is 0.493 e. The number of methoxy groups -OCH3 is 1. The van der Waals surface area contributed by atoms with Gasteiger partial charge in [-0.05, 0) is 106 Å². The third-order valence-electron chi connectivity index (χ3n) is 7.88. The molecule has 1 aliphatic heterocycles. The van der Waals surface area contributed by atoms with Crippen LogP contribution in [0.5, 0.6) is 11.5 Å². The summed E-state index contributed by atoms with van der Waals surface area (Å²) in [5.74, 6) is -0.699. The van der Waals surface area contributed by atoms with Crippen molar-refractivity contribution in [1.29, 1.82) is 0 Å². The standard InChI is InChI=1S/C35H31BrN2O7S2/c1-3-44-34(41)30-24-13-6-7-14-27(24)46-32(30)37-29(39)18-38-33(40)28(47-35(38)42)17-20-15-25(36)31(26(16-20)43-2)45-19-22-11-8-10-21-9-4-5-12-23(21)22/h4-5,8-12,15-17H,3,6-7,13-14,18-19H2,1-2H3,(H,37,39). The summed E-state index contributed by atoms with van der Waals surface area (Å²) >= 11 is 5.68. The van der Waals surface area contributed by atoms with E-state index in [9.17, 15) is 19.2 Å². The number of benzene rings is 3. The molecule has 1 N–H and O–H groups in total. The van der Waals surface area contributed by atoms with Gasteiger partial charge in [-0.1, -0.05) is 42.5 Å². The molecule has 0 bridgehead atoms. The smallest absolute Gasteiger partial charge is 0.341 e. The van der Waals surface area contributed by atoms with Crippen LogP contribution in [0.1, 0.15) is 51.7 Å². The molecule has 2 aliphatic rings. The number of anilines is 1. The van der Waals surface area contributed by atoms with Crippen LogP contribution in [0.2, 0.25) is 0 Å². The predicted octanol–water partition coefficient (Wildman–Crippen LogP) is 7.98. The van der Waals surface area contributed by atoms with E-state index in [-0.39, 0.29) is 11.5 Å². The normalized spacial score (nSPS) is 15.2. The highest BCUT2D eigenvalue weighted by molar-refractivity contribution is 9.10. The summed E-state index contributed by atoms with van der Waals surface area (Å²) in [5.41, 5.74) is 2.91. The molecule has 47 heavy (non-hydrogen) atoms. The molecule has 3 aromatic carbocycles. The highest BCUT2D eigenvalue weighted by atomic mass is 79.9. The third kappa shape index (κ3) is 6.95. The summed E-state index contributed by atoms with van der Waals surface area (Å²) in [7, 11) is 1.53. The maximum atomic E-state index is 13.3. The lowest BCUT2D eigenvalue weighted by atomic mass is 9.95. The number of thioether (sulfide) groups is 1. The Hall–Kier alpha value is -4.13. The number of aryl methyl sites for hydroxylation is 1. The number of ether oxygens (including phenoxy) is 3. The summed E-state index contributed by atoms with van der Waals surface area (Å²) in [5, 5.41) is 4.81. The zero-order valence-electron chi connectivity index (χ0n) is 25.7. The molecule has 4 aromatic rings. The van der Waals surface area contributed by atoms with Crippen molar-refractivity contribution in [3.05, 3.63) is 91.1 Å². The number of nitrogens with one attached hydrogen (secondary N) is 1. The molecular weight excluding hydrogens is 704 g/mol. The highest BCUT2D eigenvalue weighted by Crippen LogP contribution is 2.41. The van der Waals surface area contributed by atoms with Crippen molar-refractivity contribution in [2.45, 2.75) is 39.2 Å². The van der Waals surface area contributed by atoms with E-state index < -0.39 is 29.6 Å². The van der Waals surface area contributed by atoms with Crippen LogP contribution in [0.15, 0.2) is 64.0 Å². The van der Waals surface area contributed by atoms with E-state index in [2.05, 4.69) is 39.4 Å². The first-order valence-corrected chi connectivity index (χ1v) is 17.5. The molecule has 0 saturated carbocycles. The fraction of sp³-hybridized carbons (Fsp3) is 0.257. The van der Waals surface area contributed by atoms with Gasteiger partial charge in [0.25, 0.3) is 11.1 Å². The van der Waals surface area contributed by atoms with Gasteiger partial charge < -0.3 is 19.5 Å². The average Bonchev–Trinajstić information content (AvgIpc) is 3.55. The van der Waals surface area contributed by atoms with Gasteiger partial charge in [-0.2, -0.15) is 0 Å². The van der Waals surface area contributed by atoms with Gasteiger partial charge in [0.15, 0.2) is 11.5 Å². The van der Waals surface area contributed by atoms with Gasteiger partial charge in [-0.25, -0.2) is 4.79 Å². The van der Waals surface area contributed by atoms with Gasteiger partial charge in [0.1, 0.15) is 18.2 Å². The number of halogens is 1. The Labute approximate surface area is 288 Å². The van der Waals surface area contributed by atoms with Crippen LogP contribution in [0, 0.1) is 0 Å². The number of imide groups is 1. The lowest BCUT2D eigenvalue weighted by Crippen LogP contribution is -2.36. The van der Waals surface area contributed by atoms with Crippen LogP contribution in [-0.2, 0) is 33.8 Å². The average molecular weight is 736 g/mol. The minimum Gasteiger partial charge on any atom is -0.493 e. The van der Waals surface area contributed by atoms with Gasteiger partial charge in [-0.3, -0.25) is 19.3 Å². The quantitative estimate of drug-likeness (QED) is 0.129. The summed E-state index contributed by atoms with van der Waals surface area (Å²) in [6, 6.07) is 17.6. The number of esters is 1. The van der Waals surface area contributed by atoms with Crippen molar-refractivity contribution in [2.24, 2.45) is 0 Å². The molecule has 242 valence electrons. The molecule has 1 saturated heterocycles. The van der Waals surface area contributed by atoms with E-state index in [0.717, 1.165) is 69.1 Å². The van der Waals surface area contributed by atoms with Gasteiger partial charge in [0, 0.05) is 4.88 Å². The van der Waals surface area contributed by atoms with E-state index in [0.29, 0.717) is 38.7 Å².